The number of benzene rings is 3. The summed E-state index contributed by atoms with van der Waals surface area (Å²) in [7, 11) is -3.58. The Kier molecular flexibility index (Phi) is 11.6. The van der Waals surface area contributed by atoms with Crippen molar-refractivity contribution in [2.45, 2.75) is 45.7 Å². The van der Waals surface area contributed by atoms with Crippen molar-refractivity contribution in [2.75, 3.05) is 30.3 Å². The standard InChI is InChI=1S/C31H39N3O5S/c1-4-32-31(36)29(23-25-13-8-6-9-14-25)33(24-26-15-10-7-11-16-26)30(35)17-12-22-34(40(3,37)38)27-18-20-28(21-19-27)39-5-2/h6-11,13-16,18-21,29H,4-5,12,17,22-24H2,1-3H3,(H,32,36)/t29-/m0/s1. The Balaban J connectivity index is 1.81. The van der Waals surface area contributed by atoms with Gasteiger partial charge in [-0.2, -0.15) is 0 Å². The lowest BCUT2D eigenvalue weighted by molar-refractivity contribution is -0.141. The first-order valence-corrected chi connectivity index (χ1v) is 15.4. The number of rotatable bonds is 15. The van der Waals surface area contributed by atoms with E-state index in [0.29, 0.717) is 31.0 Å². The Morgan fingerprint density at radius 1 is 0.875 bits per heavy atom. The summed E-state index contributed by atoms with van der Waals surface area (Å²) >= 11 is 0. The number of carbonyl (C=O) groups is 2. The third-order valence-corrected chi connectivity index (χ3v) is 7.60. The van der Waals surface area contributed by atoms with Crippen molar-refractivity contribution < 1.29 is 22.7 Å². The number of likely N-dealkylation sites (N-methyl/N-ethyl adjacent to an activating group) is 1. The Morgan fingerprint density at radius 3 is 2.02 bits per heavy atom. The van der Waals surface area contributed by atoms with Gasteiger partial charge in [0.25, 0.3) is 0 Å². The highest BCUT2D eigenvalue weighted by Crippen LogP contribution is 2.23. The molecule has 3 rings (SSSR count). The van der Waals surface area contributed by atoms with Crippen molar-refractivity contribution in [1.82, 2.24) is 10.2 Å². The molecule has 2 amide bonds. The maximum absolute atomic E-state index is 13.7. The van der Waals surface area contributed by atoms with Gasteiger partial charge in [0.15, 0.2) is 0 Å². The topological polar surface area (TPSA) is 96.0 Å². The minimum atomic E-state index is -3.58. The minimum absolute atomic E-state index is 0.0839. The Bertz CT molecular complexity index is 1320. The predicted octanol–water partition coefficient (Wildman–Crippen LogP) is 4.41. The fourth-order valence-electron chi connectivity index (χ4n) is 4.51. The van der Waals surface area contributed by atoms with Crippen LogP contribution in [-0.2, 0) is 32.6 Å². The van der Waals surface area contributed by atoms with Crippen LogP contribution in [0.4, 0.5) is 5.69 Å². The molecule has 9 heteroatoms. The molecule has 0 heterocycles. The Hall–Kier alpha value is -3.85. The van der Waals surface area contributed by atoms with Crippen LogP contribution in [-0.4, -0.2) is 57.1 Å². The monoisotopic (exact) mass is 565 g/mol. The van der Waals surface area contributed by atoms with Crippen LogP contribution in [0, 0.1) is 0 Å². The van der Waals surface area contributed by atoms with E-state index in [-0.39, 0.29) is 37.7 Å². The summed E-state index contributed by atoms with van der Waals surface area (Å²) in [5, 5.41) is 2.89. The molecular formula is C31H39N3O5S. The largest absolute Gasteiger partial charge is 0.494 e. The molecular weight excluding hydrogens is 526 g/mol. The highest BCUT2D eigenvalue weighted by Gasteiger charge is 2.30. The molecule has 3 aromatic rings. The third-order valence-electron chi connectivity index (χ3n) is 6.41. The van der Waals surface area contributed by atoms with Gasteiger partial charge in [0, 0.05) is 32.5 Å². The lowest BCUT2D eigenvalue weighted by atomic mass is 10.0. The van der Waals surface area contributed by atoms with Gasteiger partial charge < -0.3 is 15.0 Å². The molecule has 1 N–H and O–H groups in total. The molecule has 0 radical (unpaired) electrons. The van der Waals surface area contributed by atoms with E-state index >= 15 is 0 Å². The van der Waals surface area contributed by atoms with Crippen molar-refractivity contribution in [1.29, 1.82) is 0 Å². The van der Waals surface area contributed by atoms with E-state index in [1.165, 1.54) is 4.31 Å². The number of anilines is 1. The zero-order valence-electron chi connectivity index (χ0n) is 23.5. The highest BCUT2D eigenvalue weighted by molar-refractivity contribution is 7.92. The SMILES string of the molecule is CCNC(=O)[C@H](Cc1ccccc1)N(Cc1ccccc1)C(=O)CCCN(c1ccc(OCC)cc1)S(C)(=O)=O. The molecule has 0 aliphatic carbocycles. The molecule has 3 aromatic carbocycles. The van der Waals surface area contributed by atoms with Crippen LogP contribution >= 0.6 is 0 Å². The van der Waals surface area contributed by atoms with Gasteiger partial charge in [-0.05, 0) is 55.7 Å². The first-order chi connectivity index (χ1) is 19.2. The van der Waals surface area contributed by atoms with E-state index in [4.69, 9.17) is 4.74 Å². The summed E-state index contributed by atoms with van der Waals surface area (Å²) < 4.78 is 32.0. The van der Waals surface area contributed by atoms with E-state index < -0.39 is 16.1 Å². The number of carbonyl (C=O) groups excluding carboxylic acids is 2. The van der Waals surface area contributed by atoms with E-state index in [0.717, 1.165) is 17.4 Å². The van der Waals surface area contributed by atoms with Gasteiger partial charge in [-0.15, -0.1) is 0 Å². The fraction of sp³-hybridized carbons (Fsp3) is 0.355. The van der Waals surface area contributed by atoms with Crippen LogP contribution in [0.25, 0.3) is 0 Å². The van der Waals surface area contributed by atoms with Gasteiger partial charge in [0.1, 0.15) is 11.8 Å². The minimum Gasteiger partial charge on any atom is -0.494 e. The van der Waals surface area contributed by atoms with E-state index in [1.807, 2.05) is 74.5 Å². The number of ether oxygens (including phenoxy) is 1. The molecule has 0 aliphatic heterocycles. The maximum Gasteiger partial charge on any atom is 0.243 e. The van der Waals surface area contributed by atoms with E-state index in [2.05, 4.69) is 5.32 Å². The normalized spacial score (nSPS) is 11.9. The second-order valence-electron chi connectivity index (χ2n) is 9.47. The average Bonchev–Trinajstić information content (AvgIpc) is 2.94. The summed E-state index contributed by atoms with van der Waals surface area (Å²) in [6.07, 6.45) is 1.89. The Morgan fingerprint density at radius 2 is 1.48 bits per heavy atom. The molecule has 0 bridgehead atoms. The average molecular weight is 566 g/mol. The number of hydrogen-bond donors (Lipinski definition) is 1. The predicted molar refractivity (Wildman–Crippen MR) is 159 cm³/mol. The number of amides is 2. The molecule has 0 saturated heterocycles. The van der Waals surface area contributed by atoms with E-state index in [9.17, 15) is 18.0 Å². The molecule has 8 nitrogen and oxygen atoms in total. The van der Waals surface area contributed by atoms with Gasteiger partial charge in [0.2, 0.25) is 21.8 Å². The number of sulfonamides is 1. The zero-order valence-corrected chi connectivity index (χ0v) is 24.3. The van der Waals surface area contributed by atoms with Crippen LogP contribution in [0.2, 0.25) is 0 Å². The second-order valence-corrected chi connectivity index (χ2v) is 11.4. The summed E-state index contributed by atoms with van der Waals surface area (Å²) in [6.45, 7) is 5.08. The van der Waals surface area contributed by atoms with Crippen molar-refractivity contribution in [3.63, 3.8) is 0 Å². The molecule has 214 valence electrons. The summed E-state index contributed by atoms with van der Waals surface area (Å²) in [6, 6.07) is 25.3. The van der Waals surface area contributed by atoms with Gasteiger partial charge in [-0.1, -0.05) is 60.7 Å². The highest BCUT2D eigenvalue weighted by atomic mass is 32.2. The molecule has 40 heavy (non-hydrogen) atoms. The zero-order chi connectivity index (χ0) is 29.0. The molecule has 0 saturated carbocycles. The first-order valence-electron chi connectivity index (χ1n) is 13.6. The van der Waals surface area contributed by atoms with Gasteiger partial charge >= 0.3 is 0 Å². The van der Waals surface area contributed by atoms with Crippen LogP contribution in [0.3, 0.4) is 0 Å². The van der Waals surface area contributed by atoms with E-state index in [1.54, 1.807) is 29.2 Å². The summed E-state index contributed by atoms with van der Waals surface area (Å²) in [5.74, 6) is 0.222. The lowest BCUT2D eigenvalue weighted by Crippen LogP contribution is -2.50. The maximum atomic E-state index is 13.7. The molecule has 0 aromatic heterocycles. The van der Waals surface area contributed by atoms with Gasteiger partial charge in [-0.3, -0.25) is 13.9 Å². The van der Waals surface area contributed by atoms with Crippen molar-refractivity contribution in [3.8, 4) is 5.75 Å². The summed E-state index contributed by atoms with van der Waals surface area (Å²) in [4.78, 5) is 28.6. The van der Waals surface area contributed by atoms with Gasteiger partial charge in [-0.25, -0.2) is 8.42 Å². The lowest BCUT2D eigenvalue weighted by Gasteiger charge is -2.32. The van der Waals surface area contributed by atoms with Gasteiger partial charge in [0.05, 0.1) is 18.6 Å². The van der Waals surface area contributed by atoms with Crippen molar-refractivity contribution in [3.05, 3.63) is 96.1 Å². The smallest absolute Gasteiger partial charge is 0.243 e. The van der Waals surface area contributed by atoms with Crippen LogP contribution < -0.4 is 14.4 Å². The number of nitrogens with zero attached hydrogens (tertiary/aromatic N) is 2. The molecule has 0 aliphatic rings. The molecule has 0 fully saturated rings. The van der Waals surface area contributed by atoms with Crippen LogP contribution in [0.1, 0.15) is 37.8 Å². The first kappa shape index (κ1) is 30.7. The van der Waals surface area contributed by atoms with Crippen LogP contribution in [0.15, 0.2) is 84.9 Å². The number of hydrogen-bond acceptors (Lipinski definition) is 5. The van der Waals surface area contributed by atoms with Crippen molar-refractivity contribution >= 4 is 27.5 Å². The van der Waals surface area contributed by atoms with Crippen molar-refractivity contribution in [2.24, 2.45) is 0 Å². The fourth-order valence-corrected chi connectivity index (χ4v) is 5.47. The molecule has 0 spiro atoms. The summed E-state index contributed by atoms with van der Waals surface area (Å²) in [5.41, 5.74) is 2.36. The third kappa shape index (κ3) is 9.12. The Labute approximate surface area is 238 Å². The van der Waals surface area contributed by atoms with Crippen LogP contribution in [0.5, 0.6) is 5.75 Å². The molecule has 1 atom stereocenters. The quantitative estimate of drug-likeness (QED) is 0.295. The second kappa shape index (κ2) is 15.1. The number of nitrogens with one attached hydrogen (secondary N) is 1. The molecule has 0 unspecified atom stereocenters.